The van der Waals surface area contributed by atoms with E-state index in [4.69, 9.17) is 14.2 Å². The number of aromatic hydroxyl groups is 1. The zero-order valence-corrected chi connectivity index (χ0v) is 11.8. The summed E-state index contributed by atoms with van der Waals surface area (Å²) in [5.74, 6) is -0.673. The quantitative estimate of drug-likeness (QED) is 0.673. The minimum atomic E-state index is -0.724. The van der Waals surface area contributed by atoms with E-state index in [-0.39, 0.29) is 17.1 Å². The van der Waals surface area contributed by atoms with Crippen molar-refractivity contribution in [1.82, 2.24) is 0 Å². The first kappa shape index (κ1) is 15.4. The Morgan fingerprint density at radius 3 is 2.50 bits per heavy atom. The summed E-state index contributed by atoms with van der Waals surface area (Å²) in [5.41, 5.74) is 0.147. The van der Waals surface area contributed by atoms with E-state index >= 15 is 0 Å². The molecule has 0 aliphatic rings. The number of phenols is 1. The molecule has 1 N–H and O–H groups in total. The lowest BCUT2D eigenvalue weighted by Crippen LogP contribution is -2.18. The number of benzene rings is 2. The Labute approximate surface area is 126 Å². The number of hydrogen-bond donors (Lipinski definition) is 1. The van der Waals surface area contributed by atoms with Crippen LogP contribution < -0.4 is 9.47 Å². The average molecular weight is 302 g/mol. The Morgan fingerprint density at radius 2 is 1.77 bits per heavy atom. The number of ether oxygens (including phenoxy) is 3. The van der Waals surface area contributed by atoms with Crippen LogP contribution in [0.2, 0.25) is 0 Å². The van der Waals surface area contributed by atoms with Crippen LogP contribution in [0.3, 0.4) is 0 Å². The third-order valence-electron chi connectivity index (χ3n) is 2.68. The summed E-state index contributed by atoms with van der Waals surface area (Å²) in [7, 11) is 1.50. The predicted octanol–water partition coefficient (Wildman–Crippen LogP) is 2.16. The highest BCUT2D eigenvalue weighted by Gasteiger charge is 2.12. The van der Waals surface area contributed by atoms with Gasteiger partial charge in [-0.05, 0) is 30.3 Å². The third kappa shape index (κ3) is 4.24. The number of carbonyl (C=O) groups excluding carboxylic acids is 2. The van der Waals surface area contributed by atoms with Gasteiger partial charge in [-0.2, -0.15) is 0 Å². The molecule has 6 nitrogen and oxygen atoms in total. The molecule has 0 aliphatic heterocycles. The van der Waals surface area contributed by atoms with Gasteiger partial charge >= 0.3 is 11.9 Å². The van der Waals surface area contributed by atoms with Crippen molar-refractivity contribution in [3.8, 4) is 17.2 Å². The Balaban J connectivity index is 1.88. The van der Waals surface area contributed by atoms with Gasteiger partial charge in [0.15, 0.2) is 6.61 Å². The summed E-state index contributed by atoms with van der Waals surface area (Å²) in [4.78, 5) is 23.3. The van der Waals surface area contributed by atoms with E-state index in [1.54, 1.807) is 18.2 Å². The molecule has 0 aromatic heterocycles. The van der Waals surface area contributed by atoms with Gasteiger partial charge in [-0.1, -0.05) is 12.1 Å². The molecule has 0 saturated carbocycles. The van der Waals surface area contributed by atoms with E-state index in [0.717, 1.165) is 0 Å². The molecule has 0 aliphatic carbocycles. The highest BCUT2D eigenvalue weighted by molar-refractivity contribution is 5.91. The first-order valence-electron chi connectivity index (χ1n) is 6.39. The SMILES string of the molecule is COc1cccc(OC(=O)COC(=O)c2cccc(O)c2)c1. The number of carbonyl (C=O) groups is 2. The Kier molecular flexibility index (Phi) is 4.98. The molecule has 0 saturated heterocycles. The van der Waals surface area contributed by atoms with Crippen molar-refractivity contribution in [3.63, 3.8) is 0 Å². The summed E-state index contributed by atoms with van der Waals surface area (Å²) in [6, 6.07) is 12.1. The van der Waals surface area contributed by atoms with E-state index in [9.17, 15) is 14.7 Å². The van der Waals surface area contributed by atoms with Crippen LogP contribution in [-0.2, 0) is 9.53 Å². The van der Waals surface area contributed by atoms with Crippen LogP contribution in [0.15, 0.2) is 48.5 Å². The van der Waals surface area contributed by atoms with Gasteiger partial charge in [-0.3, -0.25) is 0 Å². The number of methoxy groups -OCH3 is 1. The van der Waals surface area contributed by atoms with Crippen LogP contribution >= 0.6 is 0 Å². The van der Waals surface area contributed by atoms with Crippen molar-refractivity contribution in [2.24, 2.45) is 0 Å². The molecule has 2 aromatic rings. The maximum absolute atomic E-state index is 11.7. The van der Waals surface area contributed by atoms with Gasteiger partial charge in [0, 0.05) is 6.07 Å². The fourth-order valence-electron chi connectivity index (χ4n) is 1.67. The predicted molar refractivity (Wildman–Crippen MR) is 77.0 cm³/mol. The van der Waals surface area contributed by atoms with Gasteiger partial charge in [-0.15, -0.1) is 0 Å². The lowest BCUT2D eigenvalue weighted by Gasteiger charge is -2.07. The number of hydrogen-bond acceptors (Lipinski definition) is 6. The number of phenolic OH excluding ortho intramolecular Hbond substituents is 1. The molecule has 0 radical (unpaired) electrons. The second-order valence-electron chi connectivity index (χ2n) is 4.28. The molecule has 6 heteroatoms. The second kappa shape index (κ2) is 7.12. The standard InChI is InChI=1S/C16H14O6/c1-20-13-6-3-7-14(9-13)22-15(18)10-21-16(19)11-4-2-5-12(17)8-11/h2-9,17H,10H2,1H3. The van der Waals surface area contributed by atoms with Crippen molar-refractivity contribution in [3.05, 3.63) is 54.1 Å². The van der Waals surface area contributed by atoms with Crippen molar-refractivity contribution in [1.29, 1.82) is 0 Å². The van der Waals surface area contributed by atoms with E-state index in [2.05, 4.69) is 0 Å². The monoisotopic (exact) mass is 302 g/mol. The Morgan fingerprint density at radius 1 is 1.05 bits per heavy atom. The lowest BCUT2D eigenvalue weighted by atomic mass is 10.2. The molecule has 0 spiro atoms. The highest BCUT2D eigenvalue weighted by Crippen LogP contribution is 2.19. The van der Waals surface area contributed by atoms with Crippen molar-refractivity contribution < 1.29 is 28.9 Å². The molecule has 0 fully saturated rings. The summed E-state index contributed by atoms with van der Waals surface area (Å²) in [6.07, 6.45) is 0. The van der Waals surface area contributed by atoms with E-state index in [1.807, 2.05) is 0 Å². The first-order valence-corrected chi connectivity index (χ1v) is 6.39. The minimum Gasteiger partial charge on any atom is -0.508 e. The largest absolute Gasteiger partial charge is 0.508 e. The van der Waals surface area contributed by atoms with Gasteiger partial charge in [0.2, 0.25) is 0 Å². The molecular weight excluding hydrogens is 288 g/mol. The van der Waals surface area contributed by atoms with Crippen molar-refractivity contribution >= 4 is 11.9 Å². The van der Waals surface area contributed by atoms with Crippen LogP contribution in [-0.4, -0.2) is 30.8 Å². The second-order valence-corrected chi connectivity index (χ2v) is 4.28. The fraction of sp³-hybridized carbons (Fsp3) is 0.125. The molecule has 2 rings (SSSR count). The topological polar surface area (TPSA) is 82.1 Å². The summed E-state index contributed by atoms with van der Waals surface area (Å²) < 4.78 is 14.8. The minimum absolute atomic E-state index is 0.0617. The number of rotatable bonds is 5. The first-order chi connectivity index (χ1) is 10.6. The summed E-state index contributed by atoms with van der Waals surface area (Å²) in [5, 5.41) is 9.27. The van der Waals surface area contributed by atoms with Crippen molar-refractivity contribution in [2.45, 2.75) is 0 Å². The van der Waals surface area contributed by atoms with Gasteiger partial charge < -0.3 is 19.3 Å². The third-order valence-corrected chi connectivity index (χ3v) is 2.68. The molecule has 0 atom stereocenters. The normalized spacial score (nSPS) is 9.86. The molecular formula is C16H14O6. The molecule has 114 valence electrons. The zero-order valence-electron chi connectivity index (χ0n) is 11.8. The van der Waals surface area contributed by atoms with Gasteiger partial charge in [-0.25, -0.2) is 9.59 Å². The smallest absolute Gasteiger partial charge is 0.349 e. The fourth-order valence-corrected chi connectivity index (χ4v) is 1.67. The van der Waals surface area contributed by atoms with Crippen LogP contribution in [0.4, 0.5) is 0 Å². The number of esters is 2. The van der Waals surface area contributed by atoms with E-state index in [1.165, 1.54) is 37.4 Å². The molecule has 0 heterocycles. The van der Waals surface area contributed by atoms with Crippen LogP contribution in [0.1, 0.15) is 10.4 Å². The zero-order chi connectivity index (χ0) is 15.9. The molecule has 2 aromatic carbocycles. The maximum Gasteiger partial charge on any atom is 0.349 e. The Hall–Kier alpha value is -3.02. The summed E-state index contributed by atoms with van der Waals surface area (Å²) >= 11 is 0. The van der Waals surface area contributed by atoms with E-state index < -0.39 is 18.5 Å². The molecule has 22 heavy (non-hydrogen) atoms. The van der Waals surface area contributed by atoms with Crippen LogP contribution in [0, 0.1) is 0 Å². The highest BCUT2D eigenvalue weighted by atomic mass is 16.6. The van der Waals surface area contributed by atoms with Gasteiger partial charge in [0.05, 0.1) is 12.7 Å². The maximum atomic E-state index is 11.7. The van der Waals surface area contributed by atoms with E-state index in [0.29, 0.717) is 5.75 Å². The van der Waals surface area contributed by atoms with Crippen LogP contribution in [0.25, 0.3) is 0 Å². The lowest BCUT2D eigenvalue weighted by molar-refractivity contribution is -0.137. The van der Waals surface area contributed by atoms with Crippen molar-refractivity contribution in [2.75, 3.05) is 13.7 Å². The molecule has 0 unspecified atom stereocenters. The van der Waals surface area contributed by atoms with Crippen LogP contribution in [0.5, 0.6) is 17.2 Å². The average Bonchev–Trinajstić information content (AvgIpc) is 2.52. The Bertz CT molecular complexity index is 680. The van der Waals surface area contributed by atoms with Gasteiger partial charge in [0.1, 0.15) is 17.2 Å². The summed E-state index contributed by atoms with van der Waals surface area (Å²) in [6.45, 7) is -0.536. The van der Waals surface area contributed by atoms with Gasteiger partial charge in [0.25, 0.3) is 0 Å². The molecule has 0 bridgehead atoms. The molecule has 0 amide bonds.